The van der Waals surface area contributed by atoms with Gasteiger partial charge in [0.1, 0.15) is 0 Å². The van der Waals surface area contributed by atoms with E-state index in [9.17, 15) is 13.2 Å². The Morgan fingerprint density at radius 2 is 2.20 bits per heavy atom. The lowest BCUT2D eigenvalue weighted by Crippen LogP contribution is -2.43. The third-order valence-electron chi connectivity index (χ3n) is 3.34. The number of nitrogens with zero attached hydrogens (tertiary/aromatic N) is 1. The van der Waals surface area contributed by atoms with Crippen LogP contribution in [0.15, 0.2) is 18.2 Å². The molecule has 0 saturated carbocycles. The lowest BCUT2D eigenvalue weighted by atomic mass is 9.95. The first-order valence-corrected chi connectivity index (χ1v) is 7.98. The Hall–Kier alpha value is -1.44. The first-order chi connectivity index (χ1) is 9.45. The van der Waals surface area contributed by atoms with Crippen molar-refractivity contribution in [3.63, 3.8) is 0 Å². The lowest BCUT2D eigenvalue weighted by molar-refractivity contribution is 0.0695. The van der Waals surface area contributed by atoms with Gasteiger partial charge in [0.25, 0.3) is 10.2 Å². The summed E-state index contributed by atoms with van der Waals surface area (Å²) >= 11 is 0. The van der Waals surface area contributed by atoms with Crippen LogP contribution >= 0.6 is 0 Å². The van der Waals surface area contributed by atoms with Crippen molar-refractivity contribution < 1.29 is 18.3 Å². The quantitative estimate of drug-likeness (QED) is 0.848. The highest BCUT2D eigenvalue weighted by Crippen LogP contribution is 2.24. The van der Waals surface area contributed by atoms with Crippen molar-refractivity contribution in [3.8, 4) is 0 Å². The van der Waals surface area contributed by atoms with Crippen LogP contribution in [-0.2, 0) is 23.2 Å². The van der Waals surface area contributed by atoms with Gasteiger partial charge >= 0.3 is 5.97 Å². The highest BCUT2D eigenvalue weighted by atomic mass is 32.2. The van der Waals surface area contributed by atoms with Crippen LogP contribution in [0.2, 0.25) is 0 Å². The molecule has 0 radical (unpaired) electrons. The summed E-state index contributed by atoms with van der Waals surface area (Å²) < 4.78 is 28.0. The van der Waals surface area contributed by atoms with E-state index in [-0.39, 0.29) is 12.1 Å². The topological polar surface area (TPSA) is 86.7 Å². The summed E-state index contributed by atoms with van der Waals surface area (Å²) in [7, 11) is -3.49. The number of benzene rings is 1. The summed E-state index contributed by atoms with van der Waals surface area (Å²) in [6, 6.07) is 4.99. The van der Waals surface area contributed by atoms with Crippen LogP contribution < -0.4 is 4.72 Å². The van der Waals surface area contributed by atoms with Gasteiger partial charge in [0.15, 0.2) is 0 Å². The van der Waals surface area contributed by atoms with Crippen molar-refractivity contribution in [2.24, 2.45) is 0 Å². The zero-order valence-corrected chi connectivity index (χ0v) is 12.1. The first-order valence-electron chi connectivity index (χ1n) is 6.54. The van der Waals surface area contributed by atoms with Gasteiger partial charge in [-0.1, -0.05) is 19.1 Å². The van der Waals surface area contributed by atoms with E-state index in [2.05, 4.69) is 4.72 Å². The Morgan fingerprint density at radius 3 is 2.85 bits per heavy atom. The normalized spacial score (nSPS) is 15.8. The predicted molar refractivity (Wildman–Crippen MR) is 74.7 cm³/mol. The van der Waals surface area contributed by atoms with E-state index in [1.807, 2.05) is 6.92 Å². The highest BCUT2D eigenvalue weighted by molar-refractivity contribution is 7.87. The molecule has 2 rings (SSSR count). The Bertz CT molecular complexity index is 613. The fraction of sp³-hybridized carbons (Fsp3) is 0.462. The molecule has 6 nitrogen and oxygen atoms in total. The SMILES string of the molecule is CCCNS(=O)(=O)N1CCc2c(cccc2C(=O)O)C1. The molecule has 110 valence electrons. The molecule has 20 heavy (non-hydrogen) atoms. The van der Waals surface area contributed by atoms with Gasteiger partial charge < -0.3 is 5.11 Å². The average Bonchev–Trinajstić information content (AvgIpc) is 2.43. The Morgan fingerprint density at radius 1 is 1.45 bits per heavy atom. The highest BCUT2D eigenvalue weighted by Gasteiger charge is 2.28. The van der Waals surface area contributed by atoms with Crippen LogP contribution in [0.5, 0.6) is 0 Å². The molecule has 0 fully saturated rings. The van der Waals surface area contributed by atoms with Gasteiger partial charge in [0, 0.05) is 19.6 Å². The van der Waals surface area contributed by atoms with Crippen molar-refractivity contribution in [1.82, 2.24) is 9.03 Å². The van der Waals surface area contributed by atoms with Gasteiger partial charge in [0.05, 0.1) is 5.56 Å². The number of hydrogen-bond acceptors (Lipinski definition) is 3. The van der Waals surface area contributed by atoms with Gasteiger partial charge in [-0.25, -0.2) is 9.52 Å². The number of nitrogens with one attached hydrogen (secondary N) is 1. The number of carboxylic acid groups (broad SMARTS) is 1. The molecule has 0 spiro atoms. The Kier molecular flexibility index (Phi) is 4.42. The minimum atomic E-state index is -3.49. The van der Waals surface area contributed by atoms with Crippen LogP contribution in [0.25, 0.3) is 0 Å². The number of rotatable bonds is 5. The van der Waals surface area contributed by atoms with Gasteiger partial charge in [-0.15, -0.1) is 0 Å². The lowest BCUT2D eigenvalue weighted by Gasteiger charge is -2.28. The number of fused-ring (bicyclic) bond motifs is 1. The molecule has 2 N–H and O–H groups in total. The molecule has 0 unspecified atom stereocenters. The third kappa shape index (κ3) is 3.00. The minimum Gasteiger partial charge on any atom is -0.478 e. The molecule has 7 heteroatoms. The van der Waals surface area contributed by atoms with E-state index in [0.29, 0.717) is 19.5 Å². The maximum absolute atomic E-state index is 12.1. The van der Waals surface area contributed by atoms with E-state index >= 15 is 0 Å². The van der Waals surface area contributed by atoms with Gasteiger partial charge in [-0.05, 0) is 30.0 Å². The van der Waals surface area contributed by atoms with E-state index in [0.717, 1.165) is 17.5 Å². The molecule has 0 aromatic heterocycles. The molecule has 1 aromatic carbocycles. The molecule has 1 aliphatic heterocycles. The maximum Gasteiger partial charge on any atom is 0.335 e. The van der Waals surface area contributed by atoms with Gasteiger partial charge in [-0.3, -0.25) is 0 Å². The zero-order chi connectivity index (χ0) is 14.8. The summed E-state index contributed by atoms with van der Waals surface area (Å²) in [4.78, 5) is 11.1. The fourth-order valence-corrected chi connectivity index (χ4v) is 3.60. The van der Waals surface area contributed by atoms with Gasteiger partial charge in [0.2, 0.25) is 0 Å². The molecule has 0 amide bonds. The van der Waals surface area contributed by atoms with Crippen molar-refractivity contribution in [3.05, 3.63) is 34.9 Å². The van der Waals surface area contributed by atoms with Crippen LogP contribution in [0, 0.1) is 0 Å². The summed E-state index contributed by atoms with van der Waals surface area (Å²) in [6.45, 7) is 2.82. The van der Waals surface area contributed by atoms with E-state index in [1.165, 1.54) is 4.31 Å². The van der Waals surface area contributed by atoms with E-state index < -0.39 is 16.2 Å². The third-order valence-corrected chi connectivity index (χ3v) is 4.90. The molecule has 0 saturated heterocycles. The van der Waals surface area contributed by atoms with Crippen molar-refractivity contribution in [2.45, 2.75) is 26.3 Å². The molecule has 0 atom stereocenters. The summed E-state index contributed by atoms with van der Waals surface area (Å²) in [5, 5.41) is 9.14. The molecule has 1 aromatic rings. The summed E-state index contributed by atoms with van der Waals surface area (Å²) in [6.07, 6.45) is 1.15. The number of hydrogen-bond donors (Lipinski definition) is 2. The molecule has 1 aliphatic rings. The van der Waals surface area contributed by atoms with Crippen LogP contribution in [0.1, 0.15) is 34.8 Å². The van der Waals surface area contributed by atoms with E-state index in [4.69, 9.17) is 5.11 Å². The Labute approximate surface area is 118 Å². The number of aromatic carboxylic acids is 1. The predicted octanol–water partition coefficient (Wildman–Crippen LogP) is 0.987. The zero-order valence-electron chi connectivity index (χ0n) is 11.3. The van der Waals surface area contributed by atoms with Crippen LogP contribution in [0.3, 0.4) is 0 Å². The van der Waals surface area contributed by atoms with Crippen molar-refractivity contribution in [1.29, 1.82) is 0 Å². The summed E-state index contributed by atoms with van der Waals surface area (Å²) in [5.74, 6) is -0.970. The standard InChI is InChI=1S/C13H18N2O4S/c1-2-7-14-20(18,19)15-8-6-11-10(9-15)4-3-5-12(11)13(16)17/h3-5,14H,2,6-9H2,1H3,(H,16,17). The second-order valence-electron chi connectivity index (χ2n) is 4.73. The average molecular weight is 298 g/mol. The summed E-state index contributed by atoms with van der Waals surface area (Å²) in [5.41, 5.74) is 1.76. The fourth-order valence-electron chi connectivity index (χ4n) is 2.31. The van der Waals surface area contributed by atoms with Crippen molar-refractivity contribution >= 4 is 16.2 Å². The molecule has 1 heterocycles. The van der Waals surface area contributed by atoms with Crippen LogP contribution in [-0.4, -0.2) is 36.9 Å². The monoisotopic (exact) mass is 298 g/mol. The molecular formula is C13H18N2O4S. The minimum absolute atomic E-state index is 0.218. The largest absolute Gasteiger partial charge is 0.478 e. The second kappa shape index (κ2) is 5.90. The maximum atomic E-state index is 12.1. The van der Waals surface area contributed by atoms with Gasteiger partial charge in [-0.2, -0.15) is 12.7 Å². The molecular weight excluding hydrogens is 280 g/mol. The molecule has 0 bridgehead atoms. The van der Waals surface area contributed by atoms with E-state index in [1.54, 1.807) is 18.2 Å². The smallest absolute Gasteiger partial charge is 0.335 e. The molecule has 0 aliphatic carbocycles. The van der Waals surface area contributed by atoms with Crippen LogP contribution in [0.4, 0.5) is 0 Å². The van der Waals surface area contributed by atoms with Crippen molar-refractivity contribution in [2.75, 3.05) is 13.1 Å². The number of carbonyl (C=O) groups is 1. The first kappa shape index (κ1) is 15.0. The number of carboxylic acids is 1. The second-order valence-corrected chi connectivity index (χ2v) is 6.49. The Balaban J connectivity index is 2.24.